The zero-order chi connectivity index (χ0) is 22.6. The maximum Gasteiger partial charge on any atom is 0.271 e. The van der Waals surface area contributed by atoms with Crippen LogP contribution in [0.5, 0.6) is 0 Å². The SMILES string of the molecule is CCCCCCc1ccc(NS(=O)(=O)c2cc3cnccc3s2)c(N2CCN(C)CC2)c1.Cl. The van der Waals surface area contributed by atoms with Crippen LogP contribution in [0.15, 0.2) is 46.9 Å². The molecule has 0 saturated carbocycles. The number of sulfonamides is 1. The van der Waals surface area contributed by atoms with Gasteiger partial charge in [0.15, 0.2) is 0 Å². The van der Waals surface area contributed by atoms with Gasteiger partial charge in [-0.25, -0.2) is 8.42 Å². The van der Waals surface area contributed by atoms with E-state index in [1.807, 2.05) is 12.1 Å². The number of nitrogens with one attached hydrogen (secondary N) is 1. The minimum atomic E-state index is -3.68. The van der Waals surface area contributed by atoms with E-state index in [0.717, 1.165) is 54.8 Å². The first-order valence-corrected chi connectivity index (χ1v) is 13.7. The molecule has 0 spiro atoms. The average Bonchev–Trinajstić information content (AvgIpc) is 3.24. The highest BCUT2D eigenvalue weighted by molar-refractivity contribution is 7.94. The van der Waals surface area contributed by atoms with Crippen molar-refractivity contribution in [2.45, 2.75) is 43.2 Å². The number of nitrogens with zero attached hydrogens (tertiary/aromatic N) is 3. The summed E-state index contributed by atoms with van der Waals surface area (Å²) in [4.78, 5) is 8.71. The quantitative estimate of drug-likeness (QED) is 0.392. The second-order valence-electron chi connectivity index (χ2n) is 8.54. The third kappa shape index (κ3) is 6.38. The molecule has 0 unspecified atom stereocenters. The topological polar surface area (TPSA) is 65.5 Å². The lowest BCUT2D eigenvalue weighted by Gasteiger charge is -2.35. The summed E-state index contributed by atoms with van der Waals surface area (Å²) < 4.78 is 30.6. The summed E-state index contributed by atoms with van der Waals surface area (Å²) in [5, 5.41) is 0.847. The lowest BCUT2D eigenvalue weighted by atomic mass is 10.0. The van der Waals surface area contributed by atoms with Crippen LogP contribution in [0, 0.1) is 0 Å². The summed E-state index contributed by atoms with van der Waals surface area (Å²) >= 11 is 1.27. The van der Waals surface area contributed by atoms with Crippen molar-refractivity contribution in [1.82, 2.24) is 9.88 Å². The lowest BCUT2D eigenvalue weighted by Crippen LogP contribution is -2.44. The number of hydrogen-bond donors (Lipinski definition) is 1. The Hall–Kier alpha value is -1.87. The van der Waals surface area contributed by atoms with Crippen LogP contribution in [0.1, 0.15) is 38.2 Å². The fourth-order valence-corrected chi connectivity index (χ4v) is 6.51. The summed E-state index contributed by atoms with van der Waals surface area (Å²) in [6.07, 6.45) is 9.29. The number of halogens is 1. The van der Waals surface area contributed by atoms with Gasteiger partial charge < -0.3 is 9.80 Å². The zero-order valence-corrected chi connectivity index (χ0v) is 21.7. The number of aromatic nitrogens is 1. The van der Waals surface area contributed by atoms with Crippen molar-refractivity contribution in [3.8, 4) is 0 Å². The van der Waals surface area contributed by atoms with Gasteiger partial charge in [0, 0.05) is 48.7 Å². The second-order valence-corrected chi connectivity index (χ2v) is 11.5. The Kier molecular flexibility index (Phi) is 8.98. The van der Waals surface area contributed by atoms with Gasteiger partial charge in [-0.05, 0) is 49.7 Å². The van der Waals surface area contributed by atoms with Crippen molar-refractivity contribution < 1.29 is 8.42 Å². The van der Waals surface area contributed by atoms with Crippen LogP contribution in [-0.4, -0.2) is 51.5 Å². The first-order chi connectivity index (χ1) is 15.5. The molecule has 1 saturated heterocycles. The van der Waals surface area contributed by atoms with E-state index in [4.69, 9.17) is 0 Å². The largest absolute Gasteiger partial charge is 0.367 e. The monoisotopic (exact) mass is 508 g/mol. The minimum absolute atomic E-state index is 0. The number of piperazine rings is 1. The van der Waals surface area contributed by atoms with Crippen molar-refractivity contribution in [2.24, 2.45) is 0 Å². The normalized spacial score (nSPS) is 14.9. The highest BCUT2D eigenvalue weighted by Crippen LogP contribution is 2.34. The Morgan fingerprint density at radius 3 is 2.58 bits per heavy atom. The predicted molar refractivity (Wildman–Crippen MR) is 142 cm³/mol. The number of likely N-dealkylation sites (N-methyl/N-ethyl adjacent to an activating group) is 1. The van der Waals surface area contributed by atoms with E-state index in [1.54, 1.807) is 18.5 Å². The predicted octanol–water partition coefficient (Wildman–Crippen LogP) is 5.39. The average molecular weight is 509 g/mol. The molecule has 1 fully saturated rings. The van der Waals surface area contributed by atoms with Gasteiger partial charge in [0.25, 0.3) is 10.0 Å². The Labute approximate surface area is 207 Å². The van der Waals surface area contributed by atoms with Crippen LogP contribution in [0.3, 0.4) is 0 Å². The van der Waals surface area contributed by atoms with E-state index in [1.165, 1.54) is 36.2 Å². The number of thiophene rings is 1. The molecule has 3 heterocycles. The van der Waals surface area contributed by atoms with Crippen LogP contribution < -0.4 is 9.62 Å². The maximum atomic E-state index is 13.2. The first-order valence-electron chi connectivity index (χ1n) is 11.4. The number of rotatable bonds is 9. The van der Waals surface area contributed by atoms with Crippen LogP contribution in [-0.2, 0) is 16.4 Å². The molecule has 0 atom stereocenters. The molecule has 0 aliphatic carbocycles. The van der Waals surface area contributed by atoms with Crippen molar-refractivity contribution in [1.29, 1.82) is 0 Å². The van der Waals surface area contributed by atoms with E-state index in [9.17, 15) is 8.42 Å². The molecule has 2 aromatic heterocycles. The molecule has 0 radical (unpaired) electrons. The van der Waals surface area contributed by atoms with E-state index >= 15 is 0 Å². The standard InChI is InChI=1S/C24H32N4O2S2.ClH/c1-3-4-5-6-7-19-8-9-21(22(16-19)28-14-12-27(2)13-15-28)26-32(29,30)24-17-20-18-25-11-10-23(20)31-24;/h8-11,16-18,26H,3-7,12-15H2,1-2H3;1H. The van der Waals surface area contributed by atoms with Crippen LogP contribution in [0.25, 0.3) is 10.1 Å². The van der Waals surface area contributed by atoms with Gasteiger partial charge in [-0.3, -0.25) is 9.71 Å². The summed E-state index contributed by atoms with van der Waals surface area (Å²) in [5.74, 6) is 0. The fourth-order valence-electron chi connectivity index (χ4n) is 4.07. The first kappa shape index (κ1) is 25.7. The van der Waals surface area contributed by atoms with E-state index in [0.29, 0.717) is 9.90 Å². The van der Waals surface area contributed by atoms with Gasteiger partial charge in [0.1, 0.15) is 4.21 Å². The van der Waals surface area contributed by atoms with Gasteiger partial charge >= 0.3 is 0 Å². The summed E-state index contributed by atoms with van der Waals surface area (Å²) in [6, 6.07) is 9.74. The van der Waals surface area contributed by atoms with Crippen LogP contribution in [0.4, 0.5) is 11.4 Å². The van der Waals surface area contributed by atoms with E-state index in [2.05, 4.69) is 45.6 Å². The smallest absolute Gasteiger partial charge is 0.271 e. The molecular weight excluding hydrogens is 476 g/mol. The third-order valence-corrected chi connectivity index (χ3v) is 8.98. The summed E-state index contributed by atoms with van der Waals surface area (Å²) in [6.45, 7) is 5.93. The Morgan fingerprint density at radius 1 is 1.06 bits per heavy atom. The molecule has 3 aromatic rings. The van der Waals surface area contributed by atoms with Gasteiger partial charge in [-0.15, -0.1) is 23.7 Å². The van der Waals surface area contributed by atoms with Crippen molar-refractivity contribution in [2.75, 3.05) is 42.8 Å². The second kappa shape index (κ2) is 11.5. The summed E-state index contributed by atoms with van der Waals surface area (Å²) in [5.41, 5.74) is 2.91. The lowest BCUT2D eigenvalue weighted by molar-refractivity contribution is 0.313. The molecule has 0 amide bonds. The molecule has 33 heavy (non-hydrogen) atoms. The molecule has 1 aromatic carbocycles. The number of aryl methyl sites for hydroxylation is 1. The number of unbranched alkanes of at least 4 members (excludes halogenated alkanes) is 3. The Balaban J connectivity index is 0.00000306. The molecular formula is C24H33ClN4O2S2. The van der Waals surface area contributed by atoms with Gasteiger partial charge in [0.05, 0.1) is 11.4 Å². The fraction of sp³-hybridized carbons (Fsp3) is 0.458. The Bertz CT molecular complexity index is 1130. The molecule has 1 aliphatic heterocycles. The highest BCUT2D eigenvalue weighted by Gasteiger charge is 2.23. The molecule has 1 aliphatic rings. The van der Waals surface area contributed by atoms with Gasteiger partial charge in [-0.2, -0.15) is 0 Å². The molecule has 1 N–H and O–H groups in total. The number of fused-ring (bicyclic) bond motifs is 1. The van der Waals surface area contributed by atoms with E-state index in [-0.39, 0.29) is 12.4 Å². The maximum absolute atomic E-state index is 13.2. The molecule has 4 rings (SSSR count). The highest BCUT2D eigenvalue weighted by atomic mass is 35.5. The van der Waals surface area contributed by atoms with Crippen molar-refractivity contribution in [3.63, 3.8) is 0 Å². The number of pyridine rings is 1. The molecule has 9 heteroatoms. The molecule has 6 nitrogen and oxygen atoms in total. The Morgan fingerprint density at radius 2 is 1.85 bits per heavy atom. The van der Waals surface area contributed by atoms with Gasteiger partial charge in [-0.1, -0.05) is 32.3 Å². The summed E-state index contributed by atoms with van der Waals surface area (Å²) in [7, 11) is -1.55. The third-order valence-electron chi connectivity index (χ3n) is 6.03. The van der Waals surface area contributed by atoms with E-state index < -0.39 is 10.0 Å². The molecule has 180 valence electrons. The molecule has 0 bridgehead atoms. The number of hydrogen-bond acceptors (Lipinski definition) is 6. The zero-order valence-electron chi connectivity index (χ0n) is 19.3. The van der Waals surface area contributed by atoms with Crippen molar-refractivity contribution >= 4 is 55.2 Å². The minimum Gasteiger partial charge on any atom is -0.367 e. The van der Waals surface area contributed by atoms with Crippen LogP contribution >= 0.6 is 23.7 Å². The number of benzene rings is 1. The van der Waals surface area contributed by atoms with Crippen LogP contribution in [0.2, 0.25) is 0 Å². The van der Waals surface area contributed by atoms with Gasteiger partial charge in [0.2, 0.25) is 0 Å². The van der Waals surface area contributed by atoms with Crippen molar-refractivity contribution in [3.05, 3.63) is 48.3 Å². The number of anilines is 2.